The van der Waals surface area contributed by atoms with Gasteiger partial charge in [0.1, 0.15) is 0 Å². The molecule has 2 nitrogen and oxygen atoms in total. The lowest BCUT2D eigenvalue weighted by Crippen LogP contribution is -1.95. The van der Waals surface area contributed by atoms with Crippen molar-refractivity contribution in [3.63, 3.8) is 0 Å². The van der Waals surface area contributed by atoms with Gasteiger partial charge in [-0.1, -0.05) is 139 Å². The van der Waals surface area contributed by atoms with E-state index in [0.29, 0.717) is 0 Å². The number of benzene rings is 9. The number of nitrogens with zero attached hydrogens (tertiary/aromatic N) is 1. The molecular formula is C52H33ClN2S. The van der Waals surface area contributed by atoms with Gasteiger partial charge in [-0.15, -0.1) is 11.3 Å². The highest BCUT2D eigenvalue weighted by molar-refractivity contribution is 7.26. The Morgan fingerprint density at radius 1 is 0.446 bits per heavy atom. The predicted molar refractivity (Wildman–Crippen MR) is 242 cm³/mol. The molecule has 0 atom stereocenters. The number of thiophene rings is 1. The molecule has 0 fully saturated rings. The van der Waals surface area contributed by atoms with Crippen LogP contribution in [0.2, 0.25) is 5.02 Å². The van der Waals surface area contributed by atoms with Crippen LogP contribution in [0.5, 0.6) is 0 Å². The Hall–Kier alpha value is -6.65. The molecule has 0 aliphatic carbocycles. The predicted octanol–water partition coefficient (Wildman–Crippen LogP) is 15.7. The minimum Gasteiger partial charge on any atom is -0.355 e. The molecule has 0 saturated heterocycles. The van der Waals surface area contributed by atoms with Gasteiger partial charge in [-0.3, -0.25) is 0 Å². The number of halogens is 1. The van der Waals surface area contributed by atoms with Gasteiger partial charge in [0.05, 0.1) is 11.0 Å². The average molecular weight is 753 g/mol. The number of fused-ring (bicyclic) bond motifs is 7. The molecule has 0 aliphatic rings. The third-order valence-corrected chi connectivity index (χ3v) is 12.5. The molecule has 264 valence electrons. The third-order valence-electron chi connectivity index (χ3n) is 11.0. The van der Waals surface area contributed by atoms with E-state index < -0.39 is 0 Å². The zero-order valence-corrected chi connectivity index (χ0v) is 31.8. The topological polar surface area (TPSA) is 17.0 Å². The Morgan fingerprint density at radius 3 is 2.04 bits per heavy atom. The van der Waals surface area contributed by atoms with Crippen LogP contribution in [0.1, 0.15) is 0 Å². The summed E-state index contributed by atoms with van der Waals surface area (Å²) in [4.78, 5) is 0. The van der Waals surface area contributed by atoms with Gasteiger partial charge >= 0.3 is 0 Å². The van der Waals surface area contributed by atoms with Crippen molar-refractivity contribution >= 4 is 87.1 Å². The summed E-state index contributed by atoms with van der Waals surface area (Å²) in [7, 11) is 0. The molecule has 0 saturated carbocycles. The fourth-order valence-electron chi connectivity index (χ4n) is 8.39. The van der Waals surface area contributed by atoms with Gasteiger partial charge in [-0.25, -0.2) is 0 Å². The molecule has 2 aromatic heterocycles. The normalized spacial score (nSPS) is 11.7. The number of anilines is 2. The first-order valence-electron chi connectivity index (χ1n) is 18.9. The molecule has 0 unspecified atom stereocenters. The molecule has 56 heavy (non-hydrogen) atoms. The maximum absolute atomic E-state index is 7.16. The van der Waals surface area contributed by atoms with Gasteiger partial charge in [0.15, 0.2) is 0 Å². The van der Waals surface area contributed by atoms with Crippen LogP contribution in [0.25, 0.3) is 91.8 Å². The summed E-state index contributed by atoms with van der Waals surface area (Å²) in [6, 6.07) is 69.6. The molecule has 11 rings (SSSR count). The summed E-state index contributed by atoms with van der Waals surface area (Å²) in [6.45, 7) is 0. The quantitative estimate of drug-likeness (QED) is 0.179. The standard InChI is InChI=1S/C52H33ClN2S/c53-46-28-25-37(41-17-10-18-43-42-15-6-8-19-48(42)55(52(41)43)40-13-2-1-3-14-40)30-45(46)38-31-47(51-44-16-7-9-20-49(44)56-50(51)32-38)54-39-26-23-34(24-27-39)36-22-21-33-11-4-5-12-35(33)29-36/h1-32,54H. The van der Waals surface area contributed by atoms with Gasteiger partial charge in [0.25, 0.3) is 0 Å². The number of hydrogen-bond donors (Lipinski definition) is 1. The first-order chi connectivity index (χ1) is 27.7. The van der Waals surface area contributed by atoms with E-state index >= 15 is 0 Å². The average Bonchev–Trinajstić information content (AvgIpc) is 3.80. The van der Waals surface area contributed by atoms with E-state index in [0.717, 1.165) is 44.3 Å². The fraction of sp³-hybridized carbons (Fsp3) is 0. The van der Waals surface area contributed by atoms with Gasteiger partial charge in [0.2, 0.25) is 0 Å². The first-order valence-corrected chi connectivity index (χ1v) is 20.1. The zero-order valence-electron chi connectivity index (χ0n) is 30.2. The van der Waals surface area contributed by atoms with Crippen LogP contribution in [-0.4, -0.2) is 4.57 Å². The molecule has 2 heterocycles. The minimum atomic E-state index is 0.718. The zero-order chi connectivity index (χ0) is 37.2. The van der Waals surface area contributed by atoms with E-state index in [9.17, 15) is 0 Å². The van der Waals surface area contributed by atoms with Crippen molar-refractivity contribution in [1.82, 2.24) is 4.57 Å². The monoisotopic (exact) mass is 752 g/mol. The summed E-state index contributed by atoms with van der Waals surface area (Å²) >= 11 is 8.98. The van der Waals surface area contributed by atoms with Gasteiger partial charge < -0.3 is 9.88 Å². The molecule has 0 aliphatic heterocycles. The molecule has 0 amide bonds. The molecule has 0 bridgehead atoms. The number of hydrogen-bond acceptors (Lipinski definition) is 2. The molecule has 9 aromatic carbocycles. The number of aromatic nitrogens is 1. The van der Waals surface area contributed by atoms with Crippen LogP contribution in [0.3, 0.4) is 0 Å². The van der Waals surface area contributed by atoms with Crippen LogP contribution < -0.4 is 5.32 Å². The maximum atomic E-state index is 7.16. The van der Waals surface area contributed by atoms with E-state index in [1.165, 1.54) is 63.9 Å². The van der Waals surface area contributed by atoms with E-state index in [1.54, 1.807) is 0 Å². The van der Waals surface area contributed by atoms with Crippen LogP contribution >= 0.6 is 22.9 Å². The van der Waals surface area contributed by atoms with E-state index in [-0.39, 0.29) is 0 Å². The van der Waals surface area contributed by atoms with Gasteiger partial charge in [0, 0.05) is 64.2 Å². The highest BCUT2D eigenvalue weighted by Gasteiger charge is 2.19. The summed E-state index contributed by atoms with van der Waals surface area (Å²) in [5, 5.41) is 12.0. The largest absolute Gasteiger partial charge is 0.355 e. The molecule has 0 spiro atoms. The lowest BCUT2D eigenvalue weighted by Gasteiger charge is -2.15. The Balaban J connectivity index is 1.04. The van der Waals surface area contributed by atoms with Crippen LogP contribution in [0.4, 0.5) is 11.4 Å². The second-order valence-electron chi connectivity index (χ2n) is 14.3. The summed E-state index contributed by atoms with van der Waals surface area (Å²) < 4.78 is 4.87. The summed E-state index contributed by atoms with van der Waals surface area (Å²) in [6.07, 6.45) is 0. The first kappa shape index (κ1) is 32.8. The minimum absolute atomic E-state index is 0.718. The van der Waals surface area contributed by atoms with E-state index in [1.807, 2.05) is 17.4 Å². The van der Waals surface area contributed by atoms with Gasteiger partial charge in [-0.05, 0) is 99.8 Å². The SMILES string of the molecule is Clc1ccc(-c2cccc3c4ccccc4n(-c4ccccc4)c23)cc1-c1cc(Nc2ccc(-c3ccc4ccccc4c3)cc2)c2c(c1)sc1ccccc12. The molecule has 0 radical (unpaired) electrons. The molecule has 1 N–H and O–H groups in total. The molecular weight excluding hydrogens is 720 g/mol. The Kier molecular flexibility index (Phi) is 7.77. The van der Waals surface area contributed by atoms with E-state index in [4.69, 9.17) is 11.6 Å². The second-order valence-corrected chi connectivity index (χ2v) is 15.8. The summed E-state index contributed by atoms with van der Waals surface area (Å²) in [5.74, 6) is 0. The van der Waals surface area contributed by atoms with Crippen molar-refractivity contribution in [3.05, 3.63) is 199 Å². The fourth-order valence-corrected chi connectivity index (χ4v) is 9.79. The Morgan fingerprint density at radius 2 is 1.16 bits per heavy atom. The van der Waals surface area contributed by atoms with Crippen LogP contribution in [0.15, 0.2) is 194 Å². The number of para-hydroxylation sites is 3. The van der Waals surface area contributed by atoms with E-state index in [2.05, 4.69) is 198 Å². The van der Waals surface area contributed by atoms with Crippen molar-refractivity contribution in [2.45, 2.75) is 0 Å². The maximum Gasteiger partial charge on any atom is 0.0619 e. The van der Waals surface area contributed by atoms with Crippen molar-refractivity contribution in [2.24, 2.45) is 0 Å². The van der Waals surface area contributed by atoms with Crippen LogP contribution in [0, 0.1) is 0 Å². The molecule has 4 heteroatoms. The third kappa shape index (κ3) is 5.47. The van der Waals surface area contributed by atoms with Crippen molar-refractivity contribution in [3.8, 4) is 39.1 Å². The number of rotatable bonds is 6. The second kappa shape index (κ2) is 13.3. The smallest absolute Gasteiger partial charge is 0.0619 e. The molecule has 11 aromatic rings. The highest BCUT2D eigenvalue weighted by atomic mass is 35.5. The van der Waals surface area contributed by atoms with Crippen LogP contribution in [-0.2, 0) is 0 Å². The lowest BCUT2D eigenvalue weighted by atomic mass is 9.96. The van der Waals surface area contributed by atoms with Crippen molar-refractivity contribution in [2.75, 3.05) is 5.32 Å². The summed E-state index contributed by atoms with van der Waals surface area (Å²) in [5.41, 5.74) is 12.3. The van der Waals surface area contributed by atoms with Gasteiger partial charge in [-0.2, -0.15) is 0 Å². The van der Waals surface area contributed by atoms with Crippen molar-refractivity contribution in [1.29, 1.82) is 0 Å². The highest BCUT2D eigenvalue weighted by Crippen LogP contribution is 2.45. The number of nitrogens with one attached hydrogen (secondary N) is 1. The Labute approximate surface area is 333 Å². The lowest BCUT2D eigenvalue weighted by molar-refractivity contribution is 1.18. The van der Waals surface area contributed by atoms with Crippen molar-refractivity contribution < 1.29 is 0 Å². The Bertz CT molecular complexity index is 3280.